The average molecular weight is 340 g/mol. The maximum Gasteiger partial charge on any atom is 0.258 e. The maximum absolute atomic E-state index is 13.6. The van der Waals surface area contributed by atoms with E-state index in [1.807, 2.05) is 17.0 Å². The van der Waals surface area contributed by atoms with Crippen LogP contribution in [0.3, 0.4) is 0 Å². The molecule has 0 spiro atoms. The van der Waals surface area contributed by atoms with E-state index in [1.54, 1.807) is 24.3 Å². The summed E-state index contributed by atoms with van der Waals surface area (Å²) >= 11 is 0. The smallest absolute Gasteiger partial charge is 0.258 e. The fraction of sp³-hybridized carbons (Fsp3) is 0.300. The minimum Gasteiger partial charge on any atom is -0.342 e. The van der Waals surface area contributed by atoms with Gasteiger partial charge in [0, 0.05) is 18.8 Å². The molecule has 1 heterocycles. The Kier molecular flexibility index (Phi) is 5.43. The van der Waals surface area contributed by atoms with E-state index in [0.717, 1.165) is 31.5 Å². The fourth-order valence-electron chi connectivity index (χ4n) is 2.98. The zero-order valence-electron chi connectivity index (χ0n) is 14.0. The van der Waals surface area contributed by atoms with Gasteiger partial charge in [0.15, 0.2) is 0 Å². The number of nitrogens with zero attached hydrogens (tertiary/aromatic N) is 1. The van der Waals surface area contributed by atoms with E-state index < -0.39 is 11.7 Å². The number of carbonyl (C=O) groups is 2. The predicted molar refractivity (Wildman–Crippen MR) is 94.9 cm³/mol. The zero-order chi connectivity index (χ0) is 17.6. The van der Waals surface area contributed by atoms with Crippen LogP contribution >= 0.6 is 0 Å². The van der Waals surface area contributed by atoms with Gasteiger partial charge in [0.25, 0.3) is 5.91 Å². The number of carbonyl (C=O) groups excluding carboxylic acids is 2. The minimum absolute atomic E-state index is 0.00635. The van der Waals surface area contributed by atoms with Crippen molar-refractivity contribution in [2.75, 3.05) is 18.4 Å². The Hall–Kier alpha value is -2.69. The largest absolute Gasteiger partial charge is 0.342 e. The molecule has 130 valence electrons. The summed E-state index contributed by atoms with van der Waals surface area (Å²) in [5.41, 5.74) is 1.48. The van der Waals surface area contributed by atoms with E-state index in [0.29, 0.717) is 12.1 Å². The van der Waals surface area contributed by atoms with E-state index in [4.69, 9.17) is 0 Å². The van der Waals surface area contributed by atoms with E-state index in [1.165, 1.54) is 18.6 Å². The van der Waals surface area contributed by atoms with Gasteiger partial charge in [-0.1, -0.05) is 24.3 Å². The summed E-state index contributed by atoms with van der Waals surface area (Å²) in [6, 6.07) is 13.0. The number of likely N-dealkylation sites (tertiary alicyclic amines) is 1. The molecule has 2 aromatic rings. The first-order valence-electron chi connectivity index (χ1n) is 8.56. The molecule has 1 saturated heterocycles. The van der Waals surface area contributed by atoms with Gasteiger partial charge in [-0.25, -0.2) is 4.39 Å². The Morgan fingerprint density at radius 1 is 0.960 bits per heavy atom. The van der Waals surface area contributed by atoms with Crippen LogP contribution in [0, 0.1) is 5.82 Å². The molecule has 1 fully saturated rings. The number of halogens is 1. The highest BCUT2D eigenvalue weighted by Crippen LogP contribution is 2.15. The van der Waals surface area contributed by atoms with Crippen molar-refractivity contribution >= 4 is 17.5 Å². The molecule has 0 saturated carbocycles. The molecule has 0 unspecified atom stereocenters. The lowest BCUT2D eigenvalue weighted by Gasteiger charge is -2.26. The van der Waals surface area contributed by atoms with Crippen molar-refractivity contribution in [3.05, 3.63) is 65.5 Å². The van der Waals surface area contributed by atoms with Gasteiger partial charge in [0.1, 0.15) is 5.82 Å². The lowest BCUT2D eigenvalue weighted by molar-refractivity contribution is -0.131. The van der Waals surface area contributed by atoms with Crippen molar-refractivity contribution in [3.63, 3.8) is 0 Å². The molecule has 0 atom stereocenters. The minimum atomic E-state index is -0.552. The lowest BCUT2D eigenvalue weighted by Crippen LogP contribution is -2.36. The summed E-state index contributed by atoms with van der Waals surface area (Å²) < 4.78 is 13.6. The first kappa shape index (κ1) is 17.1. The molecule has 1 aliphatic rings. The van der Waals surface area contributed by atoms with E-state index in [2.05, 4.69) is 5.32 Å². The number of amides is 2. The Balaban J connectivity index is 1.59. The van der Waals surface area contributed by atoms with Gasteiger partial charge in [0.2, 0.25) is 5.91 Å². The lowest BCUT2D eigenvalue weighted by atomic mass is 10.1. The van der Waals surface area contributed by atoms with Crippen LogP contribution in [-0.4, -0.2) is 29.8 Å². The van der Waals surface area contributed by atoms with Gasteiger partial charge < -0.3 is 10.2 Å². The predicted octanol–water partition coefficient (Wildman–Crippen LogP) is 3.63. The van der Waals surface area contributed by atoms with E-state index >= 15 is 0 Å². The number of benzene rings is 2. The Morgan fingerprint density at radius 2 is 1.64 bits per heavy atom. The second-order valence-corrected chi connectivity index (χ2v) is 6.25. The molecule has 0 radical (unpaired) electrons. The highest BCUT2D eigenvalue weighted by molar-refractivity contribution is 6.04. The summed E-state index contributed by atoms with van der Waals surface area (Å²) in [6.45, 7) is 1.69. The monoisotopic (exact) mass is 340 g/mol. The van der Waals surface area contributed by atoms with Gasteiger partial charge in [-0.2, -0.15) is 0 Å². The second-order valence-electron chi connectivity index (χ2n) is 6.25. The van der Waals surface area contributed by atoms with Crippen LogP contribution in [0.15, 0.2) is 48.5 Å². The summed E-state index contributed by atoms with van der Waals surface area (Å²) in [7, 11) is 0. The molecular weight excluding hydrogens is 319 g/mol. The van der Waals surface area contributed by atoms with Crippen molar-refractivity contribution in [3.8, 4) is 0 Å². The fourth-order valence-corrected chi connectivity index (χ4v) is 2.98. The standard InChI is InChI=1S/C20H21FN2O2/c21-18-7-3-2-6-17(18)20(25)22-16-10-8-15(9-11-16)14-19(24)23-12-4-1-5-13-23/h2-3,6-11H,1,4-5,12-14H2,(H,22,25). The summed E-state index contributed by atoms with van der Waals surface area (Å²) in [4.78, 5) is 26.3. The molecule has 1 aliphatic heterocycles. The first-order chi connectivity index (χ1) is 12.1. The number of hydrogen-bond acceptors (Lipinski definition) is 2. The Bertz CT molecular complexity index is 753. The quantitative estimate of drug-likeness (QED) is 0.924. The van der Waals surface area contributed by atoms with E-state index in [9.17, 15) is 14.0 Å². The highest BCUT2D eigenvalue weighted by atomic mass is 19.1. The third-order valence-electron chi connectivity index (χ3n) is 4.39. The van der Waals surface area contributed by atoms with Crippen LogP contribution in [0.25, 0.3) is 0 Å². The number of rotatable bonds is 4. The molecule has 4 nitrogen and oxygen atoms in total. The van der Waals surface area contributed by atoms with Gasteiger partial charge in [-0.3, -0.25) is 9.59 Å². The molecule has 2 amide bonds. The molecule has 3 rings (SSSR count). The Labute approximate surface area is 146 Å². The van der Waals surface area contributed by atoms with E-state index in [-0.39, 0.29) is 11.5 Å². The van der Waals surface area contributed by atoms with Gasteiger partial charge in [0.05, 0.1) is 12.0 Å². The van der Waals surface area contributed by atoms with Crippen LogP contribution in [0.5, 0.6) is 0 Å². The summed E-state index contributed by atoms with van der Waals surface area (Å²) in [5, 5.41) is 2.67. The maximum atomic E-state index is 13.6. The zero-order valence-corrected chi connectivity index (χ0v) is 14.0. The number of hydrogen-bond donors (Lipinski definition) is 1. The molecule has 5 heteroatoms. The van der Waals surface area contributed by atoms with Crippen LogP contribution in [0.2, 0.25) is 0 Å². The summed E-state index contributed by atoms with van der Waals surface area (Å²) in [5.74, 6) is -0.901. The average Bonchev–Trinajstić information content (AvgIpc) is 2.64. The molecule has 25 heavy (non-hydrogen) atoms. The van der Waals surface area contributed by atoms with Crippen molar-refractivity contribution < 1.29 is 14.0 Å². The molecule has 1 N–H and O–H groups in total. The van der Waals surface area contributed by atoms with Crippen LogP contribution in [-0.2, 0) is 11.2 Å². The third kappa shape index (κ3) is 4.44. The van der Waals surface area contributed by atoms with Gasteiger partial charge in [-0.15, -0.1) is 0 Å². The SMILES string of the molecule is O=C(Nc1ccc(CC(=O)N2CCCCC2)cc1)c1ccccc1F. The van der Waals surface area contributed by atoms with Crippen molar-refractivity contribution in [2.45, 2.75) is 25.7 Å². The van der Waals surface area contributed by atoms with Crippen LogP contribution in [0.1, 0.15) is 35.2 Å². The highest BCUT2D eigenvalue weighted by Gasteiger charge is 2.16. The van der Waals surface area contributed by atoms with Crippen LogP contribution in [0.4, 0.5) is 10.1 Å². The number of piperidine rings is 1. The van der Waals surface area contributed by atoms with Crippen molar-refractivity contribution in [1.82, 2.24) is 4.90 Å². The third-order valence-corrected chi connectivity index (χ3v) is 4.39. The number of nitrogens with one attached hydrogen (secondary N) is 1. The Morgan fingerprint density at radius 3 is 2.32 bits per heavy atom. The molecular formula is C20H21FN2O2. The van der Waals surface area contributed by atoms with Gasteiger partial charge in [-0.05, 0) is 49.1 Å². The van der Waals surface area contributed by atoms with Crippen molar-refractivity contribution in [2.24, 2.45) is 0 Å². The second kappa shape index (κ2) is 7.92. The molecule has 0 bridgehead atoms. The van der Waals surface area contributed by atoms with Crippen LogP contribution < -0.4 is 5.32 Å². The topological polar surface area (TPSA) is 49.4 Å². The normalized spacial score (nSPS) is 14.2. The molecule has 0 aromatic heterocycles. The van der Waals surface area contributed by atoms with Gasteiger partial charge >= 0.3 is 0 Å². The van der Waals surface area contributed by atoms with Crippen molar-refractivity contribution in [1.29, 1.82) is 0 Å². The summed E-state index contributed by atoms with van der Waals surface area (Å²) in [6.07, 6.45) is 3.71. The first-order valence-corrected chi connectivity index (χ1v) is 8.56. The number of anilines is 1. The molecule has 0 aliphatic carbocycles. The molecule has 2 aromatic carbocycles.